The minimum Gasteiger partial charge on any atom is -0.348 e. The highest BCUT2D eigenvalue weighted by Gasteiger charge is 2.43. The smallest absolute Gasteiger partial charge is 0.284 e. The number of aromatic nitrogens is 4. The summed E-state index contributed by atoms with van der Waals surface area (Å²) in [5.41, 5.74) is -0.180. The first-order valence-electron chi connectivity index (χ1n) is 15.3. The summed E-state index contributed by atoms with van der Waals surface area (Å²) in [6, 6.07) is 4.66. The van der Waals surface area contributed by atoms with Crippen LogP contribution in [-0.2, 0) is 18.4 Å². The SMILES string of the molecule is C[C@H]1NC(=O)[C@H]2C[C@@H]2C/C=C/C(F)(F)Cn2c(-c3nc4cc(C(=O)N[C@H]5CNCC[C@@H]5F)c(F)c(F)c4n3C)cc3ccc1nc32. The van der Waals surface area contributed by atoms with Crippen LogP contribution in [0, 0.1) is 23.5 Å². The van der Waals surface area contributed by atoms with Gasteiger partial charge in [0, 0.05) is 24.9 Å². The topological polar surface area (TPSA) is 106 Å². The number of alkyl halides is 3. The first-order valence-corrected chi connectivity index (χ1v) is 15.3. The normalized spacial score (nSPS) is 26.8. The van der Waals surface area contributed by atoms with E-state index in [1.165, 1.54) is 22.3 Å². The Balaban J connectivity index is 1.33. The lowest BCUT2D eigenvalue weighted by Gasteiger charge is -2.27. The van der Waals surface area contributed by atoms with Crippen molar-refractivity contribution in [1.29, 1.82) is 0 Å². The van der Waals surface area contributed by atoms with Gasteiger partial charge in [0.15, 0.2) is 17.5 Å². The van der Waals surface area contributed by atoms with Gasteiger partial charge in [0.05, 0.1) is 41.1 Å². The molecular formula is C32H32F5N7O2. The molecule has 14 heteroatoms. The van der Waals surface area contributed by atoms with Crippen LogP contribution in [0.3, 0.4) is 0 Å². The Morgan fingerprint density at radius 1 is 1.15 bits per heavy atom. The van der Waals surface area contributed by atoms with Gasteiger partial charge in [-0.3, -0.25) is 9.59 Å². The third kappa shape index (κ3) is 5.31. The fourth-order valence-electron chi connectivity index (χ4n) is 6.54. The van der Waals surface area contributed by atoms with E-state index in [4.69, 9.17) is 0 Å². The van der Waals surface area contributed by atoms with Gasteiger partial charge >= 0.3 is 0 Å². The van der Waals surface area contributed by atoms with Crippen molar-refractivity contribution < 1.29 is 31.5 Å². The number of pyridine rings is 1. The monoisotopic (exact) mass is 641 g/mol. The van der Waals surface area contributed by atoms with Crippen LogP contribution in [0.4, 0.5) is 22.0 Å². The summed E-state index contributed by atoms with van der Waals surface area (Å²) in [7, 11) is 1.42. The number of aryl methyl sites for hydroxylation is 1. The minimum atomic E-state index is -3.32. The second kappa shape index (κ2) is 11.2. The van der Waals surface area contributed by atoms with Gasteiger partial charge in [-0.05, 0) is 69.0 Å². The Labute approximate surface area is 260 Å². The molecule has 2 bridgehead atoms. The Morgan fingerprint density at radius 2 is 1.96 bits per heavy atom. The van der Waals surface area contributed by atoms with E-state index >= 15 is 17.6 Å². The molecule has 5 heterocycles. The summed E-state index contributed by atoms with van der Waals surface area (Å²) in [4.78, 5) is 34.8. The number of halogens is 5. The molecule has 3 N–H and O–H groups in total. The molecule has 0 unspecified atom stereocenters. The van der Waals surface area contributed by atoms with Crippen LogP contribution in [0.15, 0.2) is 36.4 Å². The zero-order chi connectivity index (χ0) is 32.5. The van der Waals surface area contributed by atoms with E-state index in [9.17, 15) is 14.0 Å². The summed E-state index contributed by atoms with van der Waals surface area (Å²) in [6.07, 6.45) is 2.01. The van der Waals surface area contributed by atoms with E-state index in [1.54, 1.807) is 25.1 Å². The van der Waals surface area contributed by atoms with Gasteiger partial charge < -0.3 is 25.1 Å². The van der Waals surface area contributed by atoms with Gasteiger partial charge in [-0.2, -0.15) is 8.78 Å². The number of carbonyl (C=O) groups is 2. The van der Waals surface area contributed by atoms with E-state index in [2.05, 4.69) is 25.9 Å². The molecule has 0 radical (unpaired) electrons. The molecule has 0 spiro atoms. The fourth-order valence-corrected chi connectivity index (χ4v) is 6.54. The Kier molecular flexibility index (Phi) is 7.37. The van der Waals surface area contributed by atoms with Crippen LogP contribution in [0.5, 0.6) is 0 Å². The second-order valence-corrected chi connectivity index (χ2v) is 12.5. The maximum atomic E-state index is 15.6. The van der Waals surface area contributed by atoms with Crippen molar-refractivity contribution in [3.63, 3.8) is 0 Å². The molecule has 9 nitrogen and oxygen atoms in total. The number of rotatable bonds is 3. The molecule has 1 saturated carbocycles. The first-order chi connectivity index (χ1) is 21.9. The number of hydrogen-bond acceptors (Lipinski definition) is 5. The minimum absolute atomic E-state index is 0.00433. The molecule has 1 aromatic carbocycles. The van der Waals surface area contributed by atoms with Crippen molar-refractivity contribution in [2.75, 3.05) is 13.1 Å². The standard InChI is InChI=1S/C32H32F5N7O2/c1-15-21-6-5-17-11-24(44(28(17)40-21)14-32(36,37)8-3-4-16-10-18(16)30(45)39-15)29-41-22-12-19(25(34)26(35)27(22)43(29)2)31(46)42-23-13-38-9-7-20(23)33/h3,5-6,8,11-12,15-16,18,20,23,38H,4,7,9-10,13-14H2,1-2H3,(H,39,45)(H,42,46)/b8-3+/t15-,16+,18+,20+,23+/m1/s1. The molecule has 3 aliphatic rings. The van der Waals surface area contributed by atoms with Crippen LogP contribution in [0.25, 0.3) is 33.6 Å². The number of fused-ring (bicyclic) bond motifs is 3. The lowest BCUT2D eigenvalue weighted by atomic mass is 10.0. The molecule has 4 aromatic rings. The number of nitrogens with one attached hydrogen (secondary N) is 3. The number of hydrogen-bond donors (Lipinski definition) is 3. The van der Waals surface area contributed by atoms with E-state index in [1.807, 2.05) is 0 Å². The Bertz CT molecular complexity index is 1920. The third-order valence-electron chi connectivity index (χ3n) is 9.22. The summed E-state index contributed by atoms with van der Waals surface area (Å²) >= 11 is 0. The van der Waals surface area contributed by atoms with Crippen LogP contribution < -0.4 is 16.0 Å². The third-order valence-corrected chi connectivity index (χ3v) is 9.22. The van der Waals surface area contributed by atoms with E-state index in [-0.39, 0.29) is 58.9 Å². The predicted molar refractivity (Wildman–Crippen MR) is 160 cm³/mol. The molecule has 2 fully saturated rings. The van der Waals surface area contributed by atoms with Gasteiger partial charge in [-0.25, -0.2) is 23.1 Å². The highest BCUT2D eigenvalue weighted by molar-refractivity contribution is 5.99. The fraction of sp³-hybridized carbons (Fsp3) is 0.438. The molecule has 7 rings (SSSR count). The number of nitrogens with zero attached hydrogens (tertiary/aromatic N) is 4. The summed E-state index contributed by atoms with van der Waals surface area (Å²) < 4.78 is 78.7. The van der Waals surface area contributed by atoms with E-state index < -0.39 is 53.8 Å². The van der Waals surface area contributed by atoms with Crippen molar-refractivity contribution in [1.82, 2.24) is 35.1 Å². The number of benzene rings is 1. The average molecular weight is 642 g/mol. The Hall–Kier alpha value is -4.33. The average Bonchev–Trinajstić information content (AvgIpc) is 3.60. The quantitative estimate of drug-likeness (QED) is 0.222. The van der Waals surface area contributed by atoms with Crippen LogP contribution in [-0.4, -0.2) is 62.1 Å². The van der Waals surface area contributed by atoms with Crippen molar-refractivity contribution in [3.8, 4) is 11.5 Å². The van der Waals surface area contributed by atoms with E-state index in [0.717, 1.165) is 12.1 Å². The lowest BCUT2D eigenvalue weighted by Crippen LogP contribution is -2.52. The highest BCUT2D eigenvalue weighted by atomic mass is 19.3. The van der Waals surface area contributed by atoms with E-state index in [0.29, 0.717) is 30.5 Å². The first kappa shape index (κ1) is 30.3. The zero-order valence-electron chi connectivity index (χ0n) is 25.1. The molecule has 46 heavy (non-hydrogen) atoms. The molecule has 242 valence electrons. The predicted octanol–water partition coefficient (Wildman–Crippen LogP) is 4.71. The molecule has 3 aromatic heterocycles. The van der Waals surface area contributed by atoms with Crippen LogP contribution in [0.1, 0.15) is 48.3 Å². The molecule has 1 saturated heterocycles. The second-order valence-electron chi connectivity index (χ2n) is 12.5. The number of carbonyl (C=O) groups excluding carboxylic acids is 2. The molecule has 2 amide bonds. The van der Waals surface area contributed by atoms with Gasteiger partial charge in [0.1, 0.15) is 17.3 Å². The molecular weight excluding hydrogens is 609 g/mol. The molecule has 2 aliphatic heterocycles. The van der Waals surface area contributed by atoms with Gasteiger partial charge in [0.25, 0.3) is 11.8 Å². The lowest BCUT2D eigenvalue weighted by molar-refractivity contribution is -0.123. The van der Waals surface area contributed by atoms with Crippen molar-refractivity contribution in [3.05, 3.63) is 59.3 Å². The zero-order valence-corrected chi connectivity index (χ0v) is 25.1. The summed E-state index contributed by atoms with van der Waals surface area (Å²) in [5, 5.41) is 8.84. The molecule has 1 aliphatic carbocycles. The number of allylic oxidation sites excluding steroid dienone is 2. The number of imidazole rings is 1. The largest absolute Gasteiger partial charge is 0.348 e. The maximum absolute atomic E-state index is 15.6. The van der Waals surface area contributed by atoms with Gasteiger partial charge in [-0.15, -0.1) is 0 Å². The summed E-state index contributed by atoms with van der Waals surface area (Å²) in [5.74, 6) is -7.43. The van der Waals surface area contributed by atoms with Crippen LogP contribution >= 0.6 is 0 Å². The number of piperidine rings is 1. The molecule has 5 atom stereocenters. The van der Waals surface area contributed by atoms with Gasteiger partial charge in [-0.1, -0.05) is 6.08 Å². The Morgan fingerprint density at radius 3 is 2.74 bits per heavy atom. The van der Waals surface area contributed by atoms with Crippen LogP contribution in [0.2, 0.25) is 0 Å². The maximum Gasteiger partial charge on any atom is 0.284 e. The number of amides is 2. The van der Waals surface area contributed by atoms with Gasteiger partial charge in [0.2, 0.25) is 5.91 Å². The van der Waals surface area contributed by atoms with Crippen molar-refractivity contribution in [2.45, 2.75) is 56.9 Å². The highest BCUT2D eigenvalue weighted by Crippen LogP contribution is 2.42. The van der Waals surface area contributed by atoms with Crippen molar-refractivity contribution >= 4 is 33.9 Å². The summed E-state index contributed by atoms with van der Waals surface area (Å²) in [6.45, 7) is 1.53. The van der Waals surface area contributed by atoms with Crippen molar-refractivity contribution in [2.24, 2.45) is 18.9 Å².